The number of nitrogens with zero attached hydrogens (tertiary/aromatic N) is 6. The zero-order valence-corrected chi connectivity index (χ0v) is 35.4. The van der Waals surface area contributed by atoms with Crippen LogP contribution in [0.2, 0.25) is 0 Å². The van der Waals surface area contributed by atoms with E-state index in [1.165, 1.54) is 31.3 Å². The molecule has 3 atom stereocenters. The molecule has 2 aliphatic carbocycles. The molecule has 4 fully saturated rings. The number of benzene rings is 2. The van der Waals surface area contributed by atoms with E-state index in [-0.39, 0.29) is 70.5 Å². The number of hydrogen-bond acceptors (Lipinski definition) is 13. The smallest absolute Gasteiger partial charge is 0.342 e. The Bertz CT molecular complexity index is 2420. The SMILES string of the molecule is COc1cc(C(=O)NC2CCN(CC3C[C@@H]3CNc3cccc4c3C(=O)N(C3CCC(=O)NC3=O)C4=O)CC2)c(F)cc1Nc1ncc2c(n1)N(C1CCCC1)CC(F)(F)C(=O)N2C. The topological polar surface area (TPSA) is 199 Å². The Labute approximate surface area is 366 Å². The van der Waals surface area contributed by atoms with Gasteiger partial charge in [0.05, 0.1) is 42.2 Å². The number of anilines is 5. The number of alkyl halides is 2. The molecule has 17 nitrogen and oxygen atoms in total. The fraction of sp³-hybridized carbons (Fsp3) is 0.500. The minimum Gasteiger partial charge on any atom is -0.495 e. The fourth-order valence-electron chi connectivity index (χ4n) is 9.76. The molecule has 1 aromatic heterocycles. The minimum absolute atomic E-state index is 0.0307. The molecule has 2 saturated carbocycles. The van der Waals surface area contributed by atoms with E-state index in [4.69, 9.17) is 4.74 Å². The van der Waals surface area contributed by atoms with Gasteiger partial charge in [0.2, 0.25) is 17.8 Å². The normalized spacial score (nSPS) is 23.7. The zero-order valence-electron chi connectivity index (χ0n) is 35.4. The largest absolute Gasteiger partial charge is 0.495 e. The summed E-state index contributed by atoms with van der Waals surface area (Å²) < 4.78 is 51.3. The third kappa shape index (κ3) is 8.18. The molecule has 4 N–H and O–H groups in total. The molecule has 64 heavy (non-hydrogen) atoms. The van der Waals surface area contributed by atoms with Gasteiger partial charge in [-0.3, -0.25) is 39.0 Å². The van der Waals surface area contributed by atoms with E-state index in [9.17, 15) is 28.8 Å². The number of carbonyl (C=O) groups excluding carboxylic acids is 6. The van der Waals surface area contributed by atoms with Crippen molar-refractivity contribution < 1.29 is 46.7 Å². The third-order valence-electron chi connectivity index (χ3n) is 13.4. The van der Waals surface area contributed by atoms with E-state index < -0.39 is 59.8 Å². The minimum atomic E-state index is -3.64. The molecule has 6 aliphatic rings. The van der Waals surface area contributed by atoms with Crippen molar-refractivity contribution in [3.05, 3.63) is 59.0 Å². The molecule has 4 aliphatic heterocycles. The average Bonchev–Trinajstić information content (AvgIpc) is 3.67. The van der Waals surface area contributed by atoms with Crippen LogP contribution in [0.4, 0.5) is 42.0 Å². The van der Waals surface area contributed by atoms with Gasteiger partial charge >= 0.3 is 5.92 Å². The number of methoxy groups -OCH3 is 1. The van der Waals surface area contributed by atoms with Crippen molar-refractivity contribution in [1.82, 2.24) is 30.4 Å². The summed E-state index contributed by atoms with van der Waals surface area (Å²) in [6.45, 7) is 2.09. The van der Waals surface area contributed by atoms with Crippen molar-refractivity contribution in [1.29, 1.82) is 0 Å². The summed E-state index contributed by atoms with van der Waals surface area (Å²) in [5, 5.41) is 11.5. The Morgan fingerprint density at radius 1 is 0.984 bits per heavy atom. The van der Waals surface area contributed by atoms with Gasteiger partial charge in [-0.15, -0.1) is 0 Å². The van der Waals surface area contributed by atoms with Crippen molar-refractivity contribution in [2.24, 2.45) is 11.8 Å². The second-order valence-corrected chi connectivity index (χ2v) is 17.6. The number of ether oxygens (including phenoxy) is 1. The molecule has 20 heteroatoms. The van der Waals surface area contributed by atoms with Crippen molar-refractivity contribution in [3.8, 4) is 5.75 Å². The summed E-state index contributed by atoms with van der Waals surface area (Å²) in [7, 11) is 2.63. The van der Waals surface area contributed by atoms with Crippen LogP contribution in [-0.2, 0) is 14.4 Å². The first kappa shape index (κ1) is 43.0. The number of imide groups is 2. The number of piperidine rings is 2. The number of carbonyl (C=O) groups is 6. The summed E-state index contributed by atoms with van der Waals surface area (Å²) in [4.78, 5) is 91.4. The predicted molar refractivity (Wildman–Crippen MR) is 226 cm³/mol. The monoisotopic (exact) mass is 886 g/mol. The Balaban J connectivity index is 0.773. The number of nitrogens with one attached hydrogen (secondary N) is 4. The highest BCUT2D eigenvalue weighted by atomic mass is 19.3. The molecule has 6 amide bonds. The standard InChI is InChI=1S/C44H49F3N10O7/c1-54-33-20-49-43(53-37(33)56(26-6-3-4-7-26)22-44(46,47)42(54)63)51-31-18-29(45)28(17-34(31)64-2)38(59)50-25-12-14-55(15-13-25)21-24-16-23(24)19-48-30-9-5-8-27-36(30)41(62)57(40(27)61)32-10-11-35(58)52-39(32)60/h5,8-9,17-18,20,23-26,32,48H,3-4,6-7,10-16,19,21-22H2,1-2H3,(H,50,59)(H,49,51,53)(H,52,58,60)/t23-,24?,32?/m1/s1. The summed E-state index contributed by atoms with van der Waals surface area (Å²) in [5.74, 6) is -7.56. The van der Waals surface area contributed by atoms with Gasteiger partial charge in [0.25, 0.3) is 23.6 Å². The number of fused-ring (bicyclic) bond motifs is 2. The maximum Gasteiger partial charge on any atom is 0.342 e. The van der Waals surface area contributed by atoms with Crippen LogP contribution in [0.1, 0.15) is 88.9 Å². The maximum absolute atomic E-state index is 15.7. The summed E-state index contributed by atoms with van der Waals surface area (Å²) in [6.07, 6.45) is 6.81. The first-order chi connectivity index (χ1) is 30.7. The lowest BCUT2D eigenvalue weighted by atomic mass is 10.0. The van der Waals surface area contributed by atoms with Crippen LogP contribution in [0.3, 0.4) is 0 Å². The molecule has 0 bridgehead atoms. The maximum atomic E-state index is 15.7. The molecule has 9 rings (SSSR count). The predicted octanol–water partition coefficient (Wildman–Crippen LogP) is 4.07. The molecule has 5 heterocycles. The molecule has 3 aromatic rings. The number of hydrogen-bond donors (Lipinski definition) is 4. The number of rotatable bonds is 12. The van der Waals surface area contributed by atoms with Gasteiger partial charge in [0, 0.05) is 63.5 Å². The quantitative estimate of drug-likeness (QED) is 0.190. The van der Waals surface area contributed by atoms with Crippen LogP contribution < -0.4 is 35.8 Å². The Kier molecular flexibility index (Phi) is 11.4. The van der Waals surface area contributed by atoms with Crippen molar-refractivity contribution in [2.75, 3.05) is 67.3 Å². The molecule has 0 radical (unpaired) electrons. The van der Waals surface area contributed by atoms with Gasteiger partial charge in [-0.25, -0.2) is 9.37 Å². The van der Waals surface area contributed by atoms with E-state index in [1.807, 2.05) is 0 Å². The molecule has 2 aromatic carbocycles. The van der Waals surface area contributed by atoms with E-state index >= 15 is 13.2 Å². The van der Waals surface area contributed by atoms with Crippen LogP contribution >= 0.6 is 0 Å². The van der Waals surface area contributed by atoms with Crippen LogP contribution in [0, 0.1) is 17.7 Å². The molecule has 2 unspecified atom stereocenters. The lowest BCUT2D eigenvalue weighted by Crippen LogP contribution is -2.54. The highest BCUT2D eigenvalue weighted by Crippen LogP contribution is 2.42. The number of aromatic nitrogens is 2. The molecular weight excluding hydrogens is 838 g/mol. The first-order valence-corrected chi connectivity index (χ1v) is 21.8. The van der Waals surface area contributed by atoms with Gasteiger partial charge in [-0.1, -0.05) is 18.9 Å². The number of likely N-dealkylation sites (tertiary alicyclic amines) is 1. The Morgan fingerprint density at radius 3 is 2.48 bits per heavy atom. The van der Waals surface area contributed by atoms with E-state index in [0.717, 1.165) is 54.8 Å². The number of amides is 6. The molecule has 338 valence electrons. The molecular formula is C44H49F3N10O7. The first-order valence-electron chi connectivity index (χ1n) is 21.8. The zero-order chi connectivity index (χ0) is 45.0. The van der Waals surface area contributed by atoms with Gasteiger partial charge in [0.1, 0.15) is 23.3 Å². The lowest BCUT2D eigenvalue weighted by molar-refractivity contribution is -0.140. The summed E-state index contributed by atoms with van der Waals surface area (Å²) in [6, 6.07) is 5.95. The van der Waals surface area contributed by atoms with Crippen LogP contribution in [-0.4, -0.2) is 126 Å². The van der Waals surface area contributed by atoms with Gasteiger partial charge in [-0.05, 0) is 68.6 Å². The average molecular weight is 887 g/mol. The Morgan fingerprint density at radius 2 is 1.75 bits per heavy atom. The lowest BCUT2D eigenvalue weighted by Gasteiger charge is -2.32. The molecule has 0 spiro atoms. The Hall–Kier alpha value is -6.31. The van der Waals surface area contributed by atoms with Gasteiger partial charge in [0.15, 0.2) is 5.82 Å². The van der Waals surface area contributed by atoms with Crippen molar-refractivity contribution >= 4 is 64.3 Å². The highest BCUT2D eigenvalue weighted by molar-refractivity contribution is 6.25. The summed E-state index contributed by atoms with van der Waals surface area (Å²) in [5.41, 5.74) is 1.02. The number of halogens is 3. The van der Waals surface area contributed by atoms with E-state index in [0.29, 0.717) is 49.8 Å². The highest BCUT2D eigenvalue weighted by Gasteiger charge is 2.49. The van der Waals surface area contributed by atoms with E-state index in [2.05, 4.69) is 36.1 Å². The second kappa shape index (κ2) is 17.0. The van der Waals surface area contributed by atoms with Crippen LogP contribution in [0.15, 0.2) is 36.5 Å². The molecule has 2 saturated heterocycles. The van der Waals surface area contributed by atoms with Crippen molar-refractivity contribution in [2.45, 2.75) is 81.8 Å². The van der Waals surface area contributed by atoms with Gasteiger partial charge < -0.3 is 35.4 Å². The summed E-state index contributed by atoms with van der Waals surface area (Å²) >= 11 is 0. The second-order valence-electron chi connectivity index (χ2n) is 17.6. The van der Waals surface area contributed by atoms with Crippen LogP contribution in [0.5, 0.6) is 5.75 Å². The van der Waals surface area contributed by atoms with E-state index in [1.54, 1.807) is 18.2 Å². The van der Waals surface area contributed by atoms with Gasteiger partial charge in [-0.2, -0.15) is 13.8 Å². The third-order valence-corrected chi connectivity index (χ3v) is 13.4. The fourth-order valence-corrected chi connectivity index (χ4v) is 9.76. The van der Waals surface area contributed by atoms with Crippen molar-refractivity contribution in [3.63, 3.8) is 0 Å². The van der Waals surface area contributed by atoms with Crippen LogP contribution in [0.25, 0.3) is 0 Å².